The second-order valence-electron chi connectivity index (χ2n) is 14.7. The fourth-order valence-electron chi connectivity index (χ4n) is 8.58. The van der Waals surface area contributed by atoms with Crippen molar-refractivity contribution in [1.29, 1.82) is 0 Å². The van der Waals surface area contributed by atoms with E-state index in [0.29, 0.717) is 5.82 Å². The van der Waals surface area contributed by atoms with Crippen LogP contribution in [0, 0.1) is 0 Å². The average Bonchev–Trinajstić information content (AvgIpc) is 3.94. The number of furan rings is 1. The molecule has 0 amide bonds. The van der Waals surface area contributed by atoms with Crippen molar-refractivity contribution in [3.63, 3.8) is 0 Å². The molecule has 3 atom stereocenters. The lowest BCUT2D eigenvalue weighted by atomic mass is 9.96. The normalized spacial score (nSPS) is 18.6. The molecule has 5 aromatic carbocycles. The van der Waals surface area contributed by atoms with Crippen molar-refractivity contribution in [2.24, 2.45) is 0 Å². The molecule has 5 nitrogen and oxygen atoms in total. The molecule has 0 radical (unpaired) electrons. The van der Waals surface area contributed by atoms with E-state index in [1.165, 1.54) is 27.4 Å². The molecule has 0 spiro atoms. The van der Waals surface area contributed by atoms with Gasteiger partial charge in [-0.2, -0.15) is 0 Å². The third kappa shape index (κ3) is 5.42. The van der Waals surface area contributed by atoms with Crippen LogP contribution in [0.3, 0.4) is 0 Å². The molecule has 11 rings (SSSR count). The summed E-state index contributed by atoms with van der Waals surface area (Å²) < 4.78 is 9.16. The van der Waals surface area contributed by atoms with Crippen LogP contribution < -0.4 is 10.6 Å². The van der Waals surface area contributed by atoms with Crippen LogP contribution in [0.2, 0.25) is 0 Å². The largest absolute Gasteiger partial charge is 0.456 e. The van der Waals surface area contributed by atoms with Crippen LogP contribution in [-0.2, 0) is 0 Å². The molecular weight excluding hydrogens is 673 g/mol. The highest BCUT2D eigenvalue weighted by Crippen LogP contribution is 2.37. The van der Waals surface area contributed by atoms with E-state index >= 15 is 0 Å². The van der Waals surface area contributed by atoms with Crippen LogP contribution in [0.4, 0.5) is 0 Å². The number of fused-ring (bicyclic) bond motifs is 6. The van der Waals surface area contributed by atoms with Crippen LogP contribution >= 0.6 is 0 Å². The van der Waals surface area contributed by atoms with Gasteiger partial charge >= 0.3 is 0 Å². The number of benzene rings is 5. The lowest BCUT2D eigenvalue weighted by molar-refractivity contribution is 0.576. The number of nitrogens with zero attached hydrogens (tertiary/aromatic N) is 4. The van der Waals surface area contributed by atoms with Gasteiger partial charge < -0.3 is 8.98 Å². The predicted octanol–water partition coefficient (Wildman–Crippen LogP) is 10.6. The molecule has 0 N–H and O–H groups in total. The topological polar surface area (TPSA) is 56.7 Å². The van der Waals surface area contributed by atoms with Crippen molar-refractivity contribution in [2.75, 3.05) is 0 Å². The second kappa shape index (κ2) is 12.9. The van der Waals surface area contributed by atoms with Gasteiger partial charge in [-0.3, -0.25) is 0 Å². The quantitative estimate of drug-likeness (QED) is 0.173. The Balaban J connectivity index is 1.10. The molecule has 0 fully saturated rings. The zero-order chi connectivity index (χ0) is 36.3. The van der Waals surface area contributed by atoms with Crippen molar-refractivity contribution in [2.45, 2.75) is 30.6 Å². The summed E-state index contributed by atoms with van der Waals surface area (Å²) in [6.07, 6.45) is 23.5. The van der Waals surface area contributed by atoms with Gasteiger partial charge in [0.15, 0.2) is 5.82 Å². The molecule has 3 unspecified atom stereocenters. The van der Waals surface area contributed by atoms with E-state index in [1.54, 1.807) is 0 Å². The molecule has 5 heteroatoms. The first-order valence-corrected chi connectivity index (χ1v) is 19.1. The number of hydrogen-bond donors (Lipinski definition) is 0. The molecule has 8 aromatic rings. The van der Waals surface area contributed by atoms with Gasteiger partial charge in [0.2, 0.25) is 0 Å². The first kappa shape index (κ1) is 31.7. The Bertz CT molecular complexity index is 3010. The minimum atomic E-state index is 0.0471. The monoisotopic (exact) mass is 708 g/mol. The van der Waals surface area contributed by atoms with Gasteiger partial charge in [-0.05, 0) is 78.1 Å². The standard InChI is InChI=1S/C50H36N4O/c1-5-15-32(16-6-1)36-29-42(50-52-48(33-17-7-2-8-18-33)51-49(53-50)34-19-9-3-10-20-34)47-41-28-37(30-45(41)55-46(47)31-36)35-25-26-44-40(27-35)39-23-13-14-24-43(39)54(44)38-21-11-4-12-22-38/h1-17,19,21-31,33-34,37H,18,20H2. The molecular formula is C50H36N4O. The van der Waals surface area contributed by atoms with Crippen LogP contribution in [0.15, 0.2) is 168 Å². The van der Waals surface area contributed by atoms with E-state index in [0.717, 1.165) is 68.5 Å². The molecule has 3 heterocycles. The SMILES string of the molecule is C1=CCC(c2nc(-c3cc(-c4ccccc4)cc4oc5c(c34)=CC(c3ccc4c(c3)c3ccccc3n4-c3ccccc3)C=5)nc(C3C=CC=CC3)n2)C=C1. The lowest BCUT2D eigenvalue weighted by Crippen LogP contribution is -2.17. The van der Waals surface area contributed by atoms with E-state index in [1.807, 2.05) is 6.07 Å². The number of para-hydroxylation sites is 2. The maximum atomic E-state index is 6.80. The van der Waals surface area contributed by atoms with Gasteiger partial charge in [-0.15, -0.1) is 0 Å². The summed E-state index contributed by atoms with van der Waals surface area (Å²) >= 11 is 0. The smallest absolute Gasteiger partial charge is 0.164 e. The third-order valence-corrected chi connectivity index (χ3v) is 11.3. The Morgan fingerprint density at radius 1 is 0.582 bits per heavy atom. The zero-order valence-corrected chi connectivity index (χ0v) is 30.1. The van der Waals surface area contributed by atoms with E-state index in [9.17, 15) is 0 Å². The summed E-state index contributed by atoms with van der Waals surface area (Å²) in [4.78, 5) is 15.6. The van der Waals surface area contributed by atoms with E-state index in [-0.39, 0.29) is 17.8 Å². The summed E-state index contributed by atoms with van der Waals surface area (Å²) in [6.45, 7) is 0. The van der Waals surface area contributed by atoms with Crippen molar-refractivity contribution in [1.82, 2.24) is 19.5 Å². The molecule has 0 saturated carbocycles. The Labute approximate surface area is 318 Å². The molecule has 3 aliphatic rings. The first-order chi connectivity index (χ1) is 27.2. The fourth-order valence-corrected chi connectivity index (χ4v) is 8.58. The highest BCUT2D eigenvalue weighted by atomic mass is 16.3. The van der Waals surface area contributed by atoms with Crippen LogP contribution in [0.1, 0.15) is 47.8 Å². The average molecular weight is 709 g/mol. The lowest BCUT2D eigenvalue weighted by Gasteiger charge is -2.18. The van der Waals surface area contributed by atoms with Gasteiger partial charge in [0.25, 0.3) is 0 Å². The van der Waals surface area contributed by atoms with Crippen LogP contribution in [0.5, 0.6) is 0 Å². The van der Waals surface area contributed by atoms with Crippen molar-refractivity contribution in [3.8, 4) is 28.2 Å². The number of hydrogen-bond acceptors (Lipinski definition) is 4. The molecule has 0 bridgehead atoms. The molecule has 262 valence electrons. The molecule has 3 aromatic heterocycles. The van der Waals surface area contributed by atoms with Gasteiger partial charge in [0, 0.05) is 50.4 Å². The highest BCUT2D eigenvalue weighted by molar-refractivity contribution is 6.09. The Morgan fingerprint density at radius 3 is 2.00 bits per heavy atom. The summed E-state index contributed by atoms with van der Waals surface area (Å²) in [5, 5.41) is 4.61. The highest BCUT2D eigenvalue weighted by Gasteiger charge is 2.25. The van der Waals surface area contributed by atoms with Crippen molar-refractivity contribution < 1.29 is 4.42 Å². The van der Waals surface area contributed by atoms with Gasteiger partial charge in [0.05, 0.1) is 11.0 Å². The van der Waals surface area contributed by atoms with Gasteiger partial charge in [-0.1, -0.05) is 127 Å². The summed E-state index contributed by atoms with van der Waals surface area (Å²) in [5.74, 6) is 2.51. The number of aromatic nitrogens is 4. The van der Waals surface area contributed by atoms with E-state index in [4.69, 9.17) is 19.4 Å². The Kier molecular flexibility index (Phi) is 7.44. The Morgan fingerprint density at radius 2 is 1.27 bits per heavy atom. The van der Waals surface area contributed by atoms with E-state index in [2.05, 4.69) is 175 Å². The molecule has 0 aliphatic heterocycles. The van der Waals surface area contributed by atoms with Gasteiger partial charge in [-0.25, -0.2) is 15.0 Å². The minimum absolute atomic E-state index is 0.0471. The maximum Gasteiger partial charge on any atom is 0.164 e. The summed E-state index contributed by atoms with van der Waals surface area (Å²) in [7, 11) is 0. The zero-order valence-electron chi connectivity index (χ0n) is 30.1. The first-order valence-electron chi connectivity index (χ1n) is 19.1. The predicted molar refractivity (Wildman–Crippen MR) is 223 cm³/mol. The Hall–Kier alpha value is -6.85. The minimum Gasteiger partial charge on any atom is -0.456 e. The molecule has 3 aliphatic carbocycles. The fraction of sp³-hybridized carbons (Fsp3) is 0.100. The molecule has 55 heavy (non-hydrogen) atoms. The van der Waals surface area contributed by atoms with Gasteiger partial charge in [0.1, 0.15) is 22.6 Å². The number of rotatable bonds is 6. The van der Waals surface area contributed by atoms with Crippen molar-refractivity contribution in [3.05, 3.63) is 192 Å². The summed E-state index contributed by atoms with van der Waals surface area (Å²) in [5.41, 5.74) is 9.64. The van der Waals surface area contributed by atoms with E-state index < -0.39 is 0 Å². The maximum absolute atomic E-state index is 6.80. The van der Waals surface area contributed by atoms with Crippen LogP contribution in [-0.4, -0.2) is 19.5 Å². The van der Waals surface area contributed by atoms with Crippen LogP contribution in [0.25, 0.3) is 73.1 Å². The summed E-state index contributed by atoms with van der Waals surface area (Å²) in [6, 6.07) is 41.1. The number of allylic oxidation sites excluding steroid dienone is 8. The van der Waals surface area contributed by atoms with Crippen molar-refractivity contribution >= 4 is 44.9 Å². The second-order valence-corrected chi connectivity index (χ2v) is 14.7. The molecule has 0 saturated heterocycles. The third-order valence-electron chi connectivity index (χ3n) is 11.3.